The lowest BCUT2D eigenvalue weighted by Crippen LogP contribution is -2.34. The molecule has 0 radical (unpaired) electrons. The van der Waals surface area contributed by atoms with Crippen LogP contribution in [0.3, 0.4) is 0 Å². The van der Waals surface area contributed by atoms with Gasteiger partial charge in [0.25, 0.3) is 5.56 Å². The zero-order valence-corrected chi connectivity index (χ0v) is 15.6. The summed E-state index contributed by atoms with van der Waals surface area (Å²) in [4.78, 5) is 24.1. The van der Waals surface area contributed by atoms with Gasteiger partial charge >= 0.3 is 6.09 Å². The van der Waals surface area contributed by atoms with Gasteiger partial charge in [0, 0.05) is 12.6 Å². The number of hydrogen-bond donors (Lipinski definition) is 2. The lowest BCUT2D eigenvalue weighted by atomic mass is 9.85. The third kappa shape index (κ3) is 3.06. The van der Waals surface area contributed by atoms with Crippen molar-refractivity contribution in [3.8, 4) is 0 Å². The van der Waals surface area contributed by atoms with Crippen molar-refractivity contribution in [2.24, 2.45) is 5.92 Å². The molecular weight excluding hydrogens is 370 g/mol. The second kappa shape index (κ2) is 6.88. The Morgan fingerprint density at radius 3 is 3.00 bits per heavy atom. The van der Waals surface area contributed by atoms with Crippen LogP contribution in [-0.4, -0.2) is 27.5 Å². The molecule has 2 heterocycles. The molecule has 2 aromatic heterocycles. The molecule has 0 spiro atoms. The largest absolute Gasteiger partial charge is 0.465 e. The summed E-state index contributed by atoms with van der Waals surface area (Å²) in [6.07, 6.45) is 2.45. The minimum atomic E-state index is -1.02. The van der Waals surface area contributed by atoms with Crippen LogP contribution in [0.25, 0.3) is 21.9 Å². The SMILES string of the molecule is Cc1noc2c1c(=O)n(C1CCCC(CNC(=O)O)C1)c1cccc(Cl)c21. The molecular formula is C19H20ClN3O4. The second-order valence-corrected chi connectivity index (χ2v) is 7.56. The maximum Gasteiger partial charge on any atom is 0.404 e. The highest BCUT2D eigenvalue weighted by Gasteiger charge is 2.28. The van der Waals surface area contributed by atoms with Gasteiger partial charge in [0.05, 0.1) is 21.6 Å². The van der Waals surface area contributed by atoms with Gasteiger partial charge in [-0.05, 0) is 44.2 Å². The summed E-state index contributed by atoms with van der Waals surface area (Å²) < 4.78 is 7.24. The topological polar surface area (TPSA) is 97.4 Å². The van der Waals surface area contributed by atoms with Gasteiger partial charge in [0.1, 0.15) is 5.39 Å². The number of amides is 1. The van der Waals surface area contributed by atoms with E-state index in [0.717, 1.165) is 31.2 Å². The Bertz CT molecular complexity index is 1090. The summed E-state index contributed by atoms with van der Waals surface area (Å²) in [6.45, 7) is 2.15. The zero-order chi connectivity index (χ0) is 19.1. The molecule has 1 aliphatic rings. The Morgan fingerprint density at radius 1 is 1.41 bits per heavy atom. The first-order valence-electron chi connectivity index (χ1n) is 9.03. The van der Waals surface area contributed by atoms with Gasteiger partial charge in [-0.1, -0.05) is 29.2 Å². The minimum Gasteiger partial charge on any atom is -0.465 e. The highest BCUT2D eigenvalue weighted by molar-refractivity contribution is 6.37. The van der Waals surface area contributed by atoms with Crippen molar-refractivity contribution in [2.75, 3.05) is 6.54 Å². The highest BCUT2D eigenvalue weighted by atomic mass is 35.5. The van der Waals surface area contributed by atoms with Crippen molar-refractivity contribution < 1.29 is 14.4 Å². The summed E-state index contributed by atoms with van der Waals surface area (Å²) in [7, 11) is 0. The van der Waals surface area contributed by atoms with Crippen molar-refractivity contribution in [1.82, 2.24) is 15.0 Å². The normalized spacial score (nSPS) is 20.2. The number of hydrogen-bond acceptors (Lipinski definition) is 4. The van der Waals surface area contributed by atoms with E-state index in [9.17, 15) is 9.59 Å². The predicted molar refractivity (Wildman–Crippen MR) is 103 cm³/mol. The minimum absolute atomic E-state index is 0.0217. The number of benzene rings is 1. The Labute approximate surface area is 159 Å². The molecule has 8 heteroatoms. The number of aryl methyl sites for hydroxylation is 1. The third-order valence-electron chi connectivity index (χ3n) is 5.44. The zero-order valence-electron chi connectivity index (χ0n) is 14.9. The van der Waals surface area contributed by atoms with Crippen molar-refractivity contribution in [2.45, 2.75) is 38.6 Å². The van der Waals surface area contributed by atoms with Crippen LogP contribution < -0.4 is 10.9 Å². The molecule has 1 saturated carbocycles. The smallest absolute Gasteiger partial charge is 0.404 e. The van der Waals surface area contributed by atoms with Gasteiger partial charge in [-0.25, -0.2) is 4.79 Å². The molecule has 0 bridgehead atoms. The Morgan fingerprint density at radius 2 is 2.22 bits per heavy atom. The average molecular weight is 390 g/mol. The first-order chi connectivity index (χ1) is 13.0. The summed E-state index contributed by atoms with van der Waals surface area (Å²) in [5.74, 6) is 0.195. The van der Waals surface area contributed by atoms with E-state index < -0.39 is 6.09 Å². The molecule has 4 rings (SSSR count). The number of carboxylic acid groups (broad SMARTS) is 1. The lowest BCUT2D eigenvalue weighted by molar-refractivity contribution is 0.187. The predicted octanol–water partition coefficient (Wildman–Crippen LogP) is 4.10. The van der Waals surface area contributed by atoms with E-state index in [-0.39, 0.29) is 17.5 Å². The van der Waals surface area contributed by atoms with Crippen LogP contribution in [0.1, 0.15) is 37.4 Å². The standard InChI is InChI=1S/C19H20ClN3O4/c1-10-15-17(27-22-10)16-13(20)6-3-7-14(16)23(18(15)24)12-5-2-4-11(8-12)9-21-19(25)26/h3,6-7,11-12,21H,2,4-5,8-9H2,1H3,(H,25,26). The van der Waals surface area contributed by atoms with Gasteiger partial charge in [-0.3, -0.25) is 4.79 Å². The van der Waals surface area contributed by atoms with E-state index in [0.29, 0.717) is 33.6 Å². The van der Waals surface area contributed by atoms with Gasteiger partial charge in [0.15, 0.2) is 5.58 Å². The van der Waals surface area contributed by atoms with Gasteiger partial charge < -0.3 is 19.5 Å². The number of carbonyl (C=O) groups is 1. The van der Waals surface area contributed by atoms with E-state index in [1.54, 1.807) is 17.6 Å². The number of rotatable bonds is 3. The molecule has 2 unspecified atom stereocenters. The fourth-order valence-electron chi connectivity index (χ4n) is 4.24. The molecule has 27 heavy (non-hydrogen) atoms. The molecule has 2 N–H and O–H groups in total. The van der Waals surface area contributed by atoms with Crippen LogP contribution in [-0.2, 0) is 0 Å². The Kier molecular flexibility index (Phi) is 4.55. The Balaban J connectivity index is 1.86. The number of nitrogens with zero attached hydrogens (tertiary/aromatic N) is 2. The first kappa shape index (κ1) is 17.9. The van der Waals surface area contributed by atoms with E-state index in [1.165, 1.54) is 0 Å². The van der Waals surface area contributed by atoms with Crippen LogP contribution in [0.15, 0.2) is 27.5 Å². The van der Waals surface area contributed by atoms with Gasteiger partial charge in [0.2, 0.25) is 0 Å². The second-order valence-electron chi connectivity index (χ2n) is 7.15. The summed E-state index contributed by atoms with van der Waals surface area (Å²) >= 11 is 6.44. The number of nitrogens with one attached hydrogen (secondary N) is 1. The molecule has 1 aromatic carbocycles. The molecule has 0 aliphatic heterocycles. The van der Waals surface area contributed by atoms with Crippen LogP contribution in [0.5, 0.6) is 0 Å². The first-order valence-corrected chi connectivity index (χ1v) is 9.40. The summed E-state index contributed by atoms with van der Waals surface area (Å²) in [5.41, 5.74) is 1.57. The number of fused-ring (bicyclic) bond motifs is 3. The summed E-state index contributed by atoms with van der Waals surface area (Å²) in [5, 5.41) is 17.0. The van der Waals surface area contributed by atoms with Crippen LogP contribution in [0, 0.1) is 12.8 Å². The van der Waals surface area contributed by atoms with E-state index in [1.807, 2.05) is 12.1 Å². The summed E-state index contributed by atoms with van der Waals surface area (Å²) in [6, 6.07) is 5.45. The monoisotopic (exact) mass is 389 g/mol. The van der Waals surface area contributed by atoms with Crippen LogP contribution in [0.4, 0.5) is 4.79 Å². The molecule has 0 saturated heterocycles. The van der Waals surface area contributed by atoms with Crippen molar-refractivity contribution in [3.05, 3.63) is 39.3 Å². The number of pyridine rings is 1. The molecule has 142 valence electrons. The molecule has 2 atom stereocenters. The highest BCUT2D eigenvalue weighted by Crippen LogP contribution is 2.37. The molecule has 1 fully saturated rings. The quantitative estimate of drug-likeness (QED) is 0.702. The average Bonchev–Trinajstić information content (AvgIpc) is 3.02. The fourth-order valence-corrected chi connectivity index (χ4v) is 4.49. The van der Waals surface area contributed by atoms with Crippen molar-refractivity contribution in [3.63, 3.8) is 0 Å². The van der Waals surface area contributed by atoms with E-state index in [2.05, 4.69) is 10.5 Å². The van der Waals surface area contributed by atoms with Crippen LogP contribution in [0.2, 0.25) is 5.02 Å². The lowest BCUT2D eigenvalue weighted by Gasteiger charge is -2.31. The van der Waals surface area contributed by atoms with E-state index >= 15 is 0 Å². The van der Waals surface area contributed by atoms with Crippen molar-refractivity contribution in [1.29, 1.82) is 0 Å². The van der Waals surface area contributed by atoms with Gasteiger partial charge in [-0.2, -0.15) is 0 Å². The molecule has 1 amide bonds. The molecule has 7 nitrogen and oxygen atoms in total. The maximum atomic E-state index is 13.3. The number of aromatic nitrogens is 2. The van der Waals surface area contributed by atoms with Gasteiger partial charge in [-0.15, -0.1) is 0 Å². The van der Waals surface area contributed by atoms with Crippen molar-refractivity contribution >= 4 is 39.6 Å². The Hall–Kier alpha value is -2.54. The maximum absolute atomic E-state index is 13.3. The van der Waals surface area contributed by atoms with E-state index in [4.69, 9.17) is 21.2 Å². The fraction of sp³-hybridized carbons (Fsp3) is 0.421. The third-order valence-corrected chi connectivity index (χ3v) is 5.75. The van der Waals surface area contributed by atoms with Crippen LogP contribution >= 0.6 is 11.6 Å². The number of halogens is 1. The molecule has 3 aromatic rings. The molecule has 1 aliphatic carbocycles.